The number of allylic oxidation sites excluding steroid dienone is 4. The molecule has 0 fully saturated rings. The Morgan fingerprint density at radius 1 is 1.50 bits per heavy atom. The van der Waals surface area contributed by atoms with Gasteiger partial charge in [0.05, 0.1) is 0 Å². The minimum atomic E-state index is -2.37. The smallest absolute Gasteiger partial charge is 0.0280 e. The monoisotopic (exact) mass is 116 g/mol. The predicted octanol–water partition coefficient (Wildman–Crippen LogP) is 2.92. The zero-order chi connectivity index (χ0) is 11.6. The third-order valence-electron chi connectivity index (χ3n) is 0.737. The van der Waals surface area contributed by atoms with Crippen LogP contribution in [-0.2, 0) is 0 Å². The van der Waals surface area contributed by atoms with Crippen molar-refractivity contribution in [2.24, 2.45) is 0 Å². The average molecular weight is 116 g/mol. The van der Waals surface area contributed by atoms with Crippen molar-refractivity contribution in [2.75, 3.05) is 0 Å². The maximum atomic E-state index is 7.18. The van der Waals surface area contributed by atoms with Gasteiger partial charge in [0.2, 0.25) is 0 Å². The molecule has 0 aliphatic rings. The molecule has 0 atom stereocenters. The minimum Gasteiger partial charge on any atom is -0.0874 e. The van der Waals surface area contributed by atoms with E-state index in [0.29, 0.717) is 0 Å². The summed E-state index contributed by atoms with van der Waals surface area (Å²) in [5.74, 6) is 0. The maximum Gasteiger partial charge on any atom is 0.0280 e. The first-order valence-electron chi connectivity index (χ1n) is 5.45. The highest BCUT2D eigenvalue weighted by atomic mass is 13.9. The normalized spacial score (nSPS) is 28.8. The van der Waals surface area contributed by atoms with E-state index in [1.165, 1.54) is 19.1 Å². The zero-order valence-electron chi connectivity index (χ0n) is 11.2. The first-order chi connectivity index (χ1) is 6.10. The molecule has 0 aliphatic carbocycles. The van der Waals surface area contributed by atoms with Gasteiger partial charge in [-0.15, -0.1) is 0 Å². The van der Waals surface area contributed by atoms with Crippen LogP contribution in [0, 0.1) is 0 Å². The van der Waals surface area contributed by atoms with Gasteiger partial charge < -0.3 is 0 Å². The van der Waals surface area contributed by atoms with E-state index in [2.05, 4.69) is 0 Å². The highest BCUT2D eigenvalue weighted by Crippen LogP contribution is 2.01. The van der Waals surface area contributed by atoms with E-state index >= 15 is 0 Å². The molecule has 0 unspecified atom stereocenters. The van der Waals surface area contributed by atoms with Gasteiger partial charge in [0, 0.05) is 8.22 Å². The summed E-state index contributed by atoms with van der Waals surface area (Å²) >= 11 is 0. The van der Waals surface area contributed by atoms with Crippen LogP contribution in [0.15, 0.2) is 23.3 Å². The van der Waals surface area contributed by atoms with Crippen molar-refractivity contribution in [3.05, 3.63) is 23.3 Å². The molecule has 0 N–H and O–H groups in total. The summed E-state index contributed by atoms with van der Waals surface area (Å²) < 4.78 is 42.9. The highest BCUT2D eigenvalue weighted by molar-refractivity contribution is 5.19. The van der Waals surface area contributed by atoms with Crippen LogP contribution >= 0.6 is 0 Å². The molecule has 0 bridgehead atoms. The van der Waals surface area contributed by atoms with Gasteiger partial charge in [-0.05, 0) is 27.6 Å². The predicted molar refractivity (Wildman–Crippen MR) is 38.9 cm³/mol. The molecule has 8 heavy (non-hydrogen) atoms. The van der Waals surface area contributed by atoms with Crippen molar-refractivity contribution >= 4 is 0 Å². The summed E-state index contributed by atoms with van der Waals surface area (Å²) in [6.45, 7) is -1.73. The van der Waals surface area contributed by atoms with Crippen LogP contribution in [0.1, 0.15) is 35.8 Å². The molecule has 0 amide bonds. The van der Waals surface area contributed by atoms with Gasteiger partial charge in [-0.25, -0.2) is 0 Å². The summed E-state index contributed by atoms with van der Waals surface area (Å²) in [6, 6.07) is 0. The molecule has 0 aromatic rings. The standard InChI is InChI=1S/C8H14/c1-5-6-8(4)7(2)3/h5-6H,1-4H3/b6-5-/i2D3,4D3/b6-5-,8-7-. The fourth-order valence-electron chi connectivity index (χ4n) is 0.292. The average Bonchev–Trinajstić information content (AvgIpc) is 1.94. The molecule has 0 saturated carbocycles. The summed E-state index contributed by atoms with van der Waals surface area (Å²) in [5.41, 5.74) is -0.171. The van der Waals surface area contributed by atoms with Crippen molar-refractivity contribution in [1.29, 1.82) is 0 Å². The summed E-state index contributed by atoms with van der Waals surface area (Å²) in [7, 11) is 0. The third kappa shape index (κ3) is 2.62. The first-order valence-corrected chi connectivity index (χ1v) is 2.45. The molecule has 46 valence electrons. The largest absolute Gasteiger partial charge is 0.0874 e. The van der Waals surface area contributed by atoms with Gasteiger partial charge in [0.25, 0.3) is 0 Å². The molecule has 0 spiro atoms. The third-order valence-corrected chi connectivity index (χ3v) is 0.737. The van der Waals surface area contributed by atoms with E-state index in [0.717, 1.165) is 0 Å². The molecule has 0 radical (unpaired) electrons. The lowest BCUT2D eigenvalue weighted by atomic mass is 10.2. The van der Waals surface area contributed by atoms with Crippen molar-refractivity contribution in [2.45, 2.75) is 27.6 Å². The van der Waals surface area contributed by atoms with Gasteiger partial charge in [-0.3, -0.25) is 0 Å². The lowest BCUT2D eigenvalue weighted by molar-refractivity contribution is 1.29. The summed E-state index contributed by atoms with van der Waals surface area (Å²) in [4.78, 5) is 0. The molecular formula is C8H14. The van der Waals surface area contributed by atoms with Gasteiger partial charge in [-0.1, -0.05) is 23.3 Å². The number of rotatable bonds is 1. The molecule has 0 aromatic carbocycles. The second kappa shape index (κ2) is 3.48. The van der Waals surface area contributed by atoms with Gasteiger partial charge >= 0.3 is 0 Å². The lowest BCUT2D eigenvalue weighted by Gasteiger charge is -1.91. The molecule has 0 aliphatic heterocycles. The van der Waals surface area contributed by atoms with Crippen LogP contribution in [0.3, 0.4) is 0 Å². The Bertz CT molecular complexity index is 252. The van der Waals surface area contributed by atoms with Crippen LogP contribution in [0.4, 0.5) is 0 Å². The lowest BCUT2D eigenvalue weighted by Crippen LogP contribution is -1.70. The molecule has 0 aromatic heterocycles. The van der Waals surface area contributed by atoms with Crippen LogP contribution in [-0.4, -0.2) is 0 Å². The minimum absolute atomic E-state index is 0.0735. The Balaban J connectivity index is 5.40. The Morgan fingerprint density at radius 3 is 2.62 bits per heavy atom. The number of hydrogen-bond acceptors (Lipinski definition) is 0. The van der Waals surface area contributed by atoms with E-state index in [9.17, 15) is 0 Å². The zero-order valence-corrected chi connectivity index (χ0v) is 5.15. The van der Waals surface area contributed by atoms with Crippen LogP contribution in [0.2, 0.25) is 0 Å². The summed E-state index contributed by atoms with van der Waals surface area (Å²) in [5, 5.41) is 0. The molecule has 0 nitrogen and oxygen atoms in total. The second-order valence-electron chi connectivity index (χ2n) is 1.54. The van der Waals surface area contributed by atoms with Crippen molar-refractivity contribution < 1.29 is 8.22 Å². The summed E-state index contributed by atoms with van der Waals surface area (Å²) in [6.07, 6.45) is 2.85. The fraction of sp³-hybridized carbons (Fsp3) is 0.500. The second-order valence-corrected chi connectivity index (χ2v) is 1.54. The molecule has 0 heterocycles. The van der Waals surface area contributed by atoms with Crippen LogP contribution in [0.5, 0.6) is 0 Å². The van der Waals surface area contributed by atoms with Crippen LogP contribution < -0.4 is 0 Å². The van der Waals surface area contributed by atoms with Crippen molar-refractivity contribution in [3.63, 3.8) is 0 Å². The van der Waals surface area contributed by atoms with Gasteiger partial charge in [0.15, 0.2) is 0 Å². The Kier molecular flexibility index (Phi) is 0.877. The fourth-order valence-corrected chi connectivity index (χ4v) is 0.292. The van der Waals surface area contributed by atoms with E-state index < -0.39 is 13.7 Å². The Labute approximate surface area is 60.3 Å². The molecular weight excluding hydrogens is 96.1 g/mol. The van der Waals surface area contributed by atoms with Crippen molar-refractivity contribution in [3.8, 4) is 0 Å². The molecule has 0 heteroatoms. The Hall–Kier alpha value is -0.520. The first kappa shape index (κ1) is 2.02. The number of hydrogen-bond donors (Lipinski definition) is 0. The Morgan fingerprint density at radius 2 is 2.25 bits per heavy atom. The van der Waals surface area contributed by atoms with E-state index in [4.69, 9.17) is 8.22 Å². The quantitative estimate of drug-likeness (QED) is 0.462. The van der Waals surface area contributed by atoms with Crippen molar-refractivity contribution in [1.82, 2.24) is 0 Å². The SMILES string of the molecule is [2H]C([2H])([2H])/C(C)=C(/C=C\C)C([2H])([2H])[2H]. The van der Waals surface area contributed by atoms with E-state index in [1.54, 1.807) is 6.92 Å². The maximum absolute atomic E-state index is 7.18. The molecule has 0 saturated heterocycles. The topological polar surface area (TPSA) is 0 Å². The van der Waals surface area contributed by atoms with E-state index in [1.807, 2.05) is 0 Å². The van der Waals surface area contributed by atoms with Gasteiger partial charge in [-0.2, -0.15) is 0 Å². The highest BCUT2D eigenvalue weighted by Gasteiger charge is 1.80. The van der Waals surface area contributed by atoms with Gasteiger partial charge in [0.1, 0.15) is 0 Å². The van der Waals surface area contributed by atoms with Crippen LogP contribution in [0.25, 0.3) is 0 Å². The molecule has 0 rings (SSSR count). The van der Waals surface area contributed by atoms with E-state index in [-0.39, 0.29) is 11.1 Å².